The van der Waals surface area contributed by atoms with Gasteiger partial charge in [-0.15, -0.1) is 0 Å². The van der Waals surface area contributed by atoms with Crippen molar-refractivity contribution in [1.29, 1.82) is 0 Å². The minimum atomic E-state index is -1.22. The summed E-state index contributed by atoms with van der Waals surface area (Å²) in [4.78, 5) is 27.3. The van der Waals surface area contributed by atoms with Crippen molar-refractivity contribution in [1.82, 2.24) is 0 Å². The molecular weight excluding hydrogens is 498 g/mol. The maximum atomic E-state index is 13.1. The molecule has 2 aliphatic rings. The van der Waals surface area contributed by atoms with E-state index in [0.29, 0.717) is 5.69 Å². The number of carboxylic acids is 1. The van der Waals surface area contributed by atoms with Gasteiger partial charge in [-0.1, -0.05) is 71.4 Å². The largest absolute Gasteiger partial charge is 0.481 e. The summed E-state index contributed by atoms with van der Waals surface area (Å²) < 4.78 is 12.4. The van der Waals surface area contributed by atoms with Gasteiger partial charge in [0.05, 0.1) is 17.8 Å². The Morgan fingerprint density at radius 2 is 1.79 bits per heavy atom. The van der Waals surface area contributed by atoms with Gasteiger partial charge in [-0.2, -0.15) is 0 Å². The average Bonchev–Trinajstić information content (AvgIpc) is 3.29. The van der Waals surface area contributed by atoms with E-state index in [2.05, 4.69) is 15.9 Å². The lowest BCUT2D eigenvalue weighted by atomic mass is 9.91. The molecule has 0 aromatic heterocycles. The Balaban J connectivity index is 1.68. The van der Waals surface area contributed by atoms with Crippen LogP contribution in [0, 0.1) is 11.3 Å². The van der Waals surface area contributed by atoms with Crippen molar-refractivity contribution in [3.05, 3.63) is 76.3 Å². The van der Waals surface area contributed by atoms with Crippen molar-refractivity contribution in [3.8, 4) is 0 Å². The molecule has 1 fully saturated rings. The second-order valence-electron chi connectivity index (χ2n) is 9.97. The van der Waals surface area contributed by atoms with E-state index in [-0.39, 0.29) is 17.9 Å². The minimum Gasteiger partial charge on any atom is -0.481 e. The van der Waals surface area contributed by atoms with Crippen LogP contribution >= 0.6 is 15.9 Å². The molecule has 0 bridgehead atoms. The van der Waals surface area contributed by atoms with E-state index in [1.165, 1.54) is 4.90 Å². The Bertz CT molecular complexity index is 1140. The highest BCUT2D eigenvalue weighted by atomic mass is 79.9. The number of carbonyl (C=O) groups excluding carboxylic acids is 1. The number of rotatable bonds is 6. The number of carbonyl (C=O) groups is 2. The molecule has 5 atom stereocenters. The van der Waals surface area contributed by atoms with Crippen LogP contribution < -0.4 is 4.90 Å². The Kier molecular flexibility index (Phi) is 6.38. The molecule has 1 amide bonds. The summed E-state index contributed by atoms with van der Waals surface area (Å²) in [6.07, 6.45) is 2.87. The van der Waals surface area contributed by atoms with Crippen molar-refractivity contribution < 1.29 is 24.2 Å². The standard InChI is InChI=1S/C27H30BrNO5/c1-16(22(33-5)17-10-6-8-12-19(17)28)14-15-27(24(30)31)21-18-11-7-9-13-20(18)29(23(21)27)25(32)34-26(2,3)4/h6-16,21-23H,1-5H3,(H,30,31)/b15-14+/t16-,21-,22+,23+,27+/m1/s1. The maximum Gasteiger partial charge on any atom is 0.415 e. The van der Waals surface area contributed by atoms with Gasteiger partial charge in [-0.05, 0) is 44.0 Å². The van der Waals surface area contributed by atoms with E-state index in [9.17, 15) is 14.7 Å². The van der Waals surface area contributed by atoms with Gasteiger partial charge in [0, 0.05) is 23.4 Å². The lowest BCUT2D eigenvalue weighted by molar-refractivity contribution is -0.141. The Labute approximate surface area is 208 Å². The molecule has 34 heavy (non-hydrogen) atoms. The van der Waals surface area contributed by atoms with Crippen LogP contribution in [0.5, 0.6) is 0 Å². The number of nitrogens with zero attached hydrogens (tertiary/aromatic N) is 1. The third-order valence-corrected chi connectivity index (χ3v) is 7.32. The normalized spacial score (nSPS) is 24.9. The highest BCUT2D eigenvalue weighted by Gasteiger charge is 2.76. The lowest BCUT2D eigenvalue weighted by Crippen LogP contribution is -2.41. The van der Waals surface area contributed by atoms with Crippen LogP contribution in [0.1, 0.15) is 50.8 Å². The average molecular weight is 528 g/mol. The first-order valence-electron chi connectivity index (χ1n) is 11.3. The molecule has 1 saturated carbocycles. The summed E-state index contributed by atoms with van der Waals surface area (Å²) in [6, 6.07) is 14.8. The van der Waals surface area contributed by atoms with Crippen molar-refractivity contribution >= 4 is 33.7 Å². The second kappa shape index (κ2) is 8.86. The number of aliphatic carboxylic acids is 1. The molecule has 1 aliphatic carbocycles. The fraction of sp³-hybridized carbons (Fsp3) is 0.407. The molecule has 2 aromatic rings. The first-order chi connectivity index (χ1) is 16.0. The molecule has 6 nitrogen and oxygen atoms in total. The molecule has 0 spiro atoms. The van der Waals surface area contributed by atoms with Crippen LogP contribution in [0.15, 0.2) is 65.2 Å². The summed E-state index contributed by atoms with van der Waals surface area (Å²) in [5, 5.41) is 10.4. The summed E-state index contributed by atoms with van der Waals surface area (Å²) in [5.41, 5.74) is 0.652. The van der Waals surface area contributed by atoms with E-state index < -0.39 is 29.1 Å². The smallest absolute Gasteiger partial charge is 0.415 e. The van der Waals surface area contributed by atoms with E-state index in [0.717, 1.165) is 15.6 Å². The van der Waals surface area contributed by atoms with Gasteiger partial charge in [0.2, 0.25) is 0 Å². The topological polar surface area (TPSA) is 76.1 Å². The van der Waals surface area contributed by atoms with Gasteiger partial charge < -0.3 is 14.6 Å². The van der Waals surface area contributed by atoms with E-state index in [1.54, 1.807) is 34.0 Å². The van der Waals surface area contributed by atoms with Crippen molar-refractivity contribution in [2.24, 2.45) is 11.3 Å². The zero-order chi connectivity index (χ0) is 24.8. The van der Waals surface area contributed by atoms with E-state index in [4.69, 9.17) is 9.47 Å². The SMILES string of the molecule is CO[C@H](c1ccccc1Br)[C@H](C)/C=C/[C@]1(C(=O)O)[C@@H]2c3ccccc3N(C(=O)OC(C)(C)C)[C@@H]21. The van der Waals surface area contributed by atoms with Crippen molar-refractivity contribution in [3.63, 3.8) is 0 Å². The highest BCUT2D eigenvalue weighted by molar-refractivity contribution is 9.10. The summed E-state index contributed by atoms with van der Waals surface area (Å²) in [5.74, 6) is -1.39. The Morgan fingerprint density at radius 3 is 2.41 bits per heavy atom. The number of methoxy groups -OCH3 is 1. The highest BCUT2D eigenvalue weighted by Crippen LogP contribution is 2.69. The molecule has 2 aromatic carbocycles. The second-order valence-corrected chi connectivity index (χ2v) is 10.8. The molecule has 1 N–H and O–H groups in total. The predicted molar refractivity (Wildman–Crippen MR) is 134 cm³/mol. The third kappa shape index (κ3) is 4.05. The van der Waals surface area contributed by atoms with Crippen LogP contribution in [0.25, 0.3) is 0 Å². The number of para-hydroxylation sites is 1. The summed E-state index contributed by atoms with van der Waals surface area (Å²) >= 11 is 3.58. The quantitative estimate of drug-likeness (QED) is 0.444. The number of amides is 1. The number of anilines is 1. The van der Waals surface area contributed by atoms with Crippen molar-refractivity contribution in [2.75, 3.05) is 12.0 Å². The molecule has 0 radical (unpaired) electrons. The summed E-state index contributed by atoms with van der Waals surface area (Å²) in [7, 11) is 1.65. The van der Waals surface area contributed by atoms with Gasteiger partial charge in [0.25, 0.3) is 0 Å². The summed E-state index contributed by atoms with van der Waals surface area (Å²) in [6.45, 7) is 7.40. The molecule has 7 heteroatoms. The van der Waals surface area contributed by atoms with Crippen LogP contribution in [0.4, 0.5) is 10.5 Å². The number of hydrogen-bond donors (Lipinski definition) is 1. The molecular formula is C27H30BrNO5. The Morgan fingerprint density at radius 1 is 1.15 bits per heavy atom. The van der Waals surface area contributed by atoms with Crippen LogP contribution in [0.2, 0.25) is 0 Å². The number of fused-ring (bicyclic) bond motifs is 3. The van der Waals surface area contributed by atoms with Gasteiger partial charge in [-0.3, -0.25) is 9.69 Å². The lowest BCUT2D eigenvalue weighted by Gasteiger charge is -2.29. The number of ether oxygens (including phenoxy) is 2. The molecule has 0 saturated heterocycles. The number of hydrogen-bond acceptors (Lipinski definition) is 4. The van der Waals surface area contributed by atoms with Crippen LogP contribution in [0.3, 0.4) is 0 Å². The fourth-order valence-corrected chi connectivity index (χ4v) is 5.61. The van der Waals surface area contributed by atoms with E-state index >= 15 is 0 Å². The molecule has 1 aliphatic heterocycles. The molecule has 0 unspecified atom stereocenters. The fourth-order valence-electron chi connectivity index (χ4n) is 5.10. The first-order valence-corrected chi connectivity index (χ1v) is 12.1. The number of carboxylic acid groups (broad SMARTS) is 1. The van der Waals surface area contributed by atoms with Gasteiger partial charge >= 0.3 is 12.1 Å². The Hall–Kier alpha value is -2.64. The predicted octanol–water partition coefficient (Wildman–Crippen LogP) is 6.32. The minimum absolute atomic E-state index is 0.105. The molecule has 1 heterocycles. The molecule has 4 rings (SSSR count). The van der Waals surface area contributed by atoms with Gasteiger partial charge in [0.1, 0.15) is 11.0 Å². The number of halogens is 1. The zero-order valence-corrected chi connectivity index (χ0v) is 21.6. The van der Waals surface area contributed by atoms with Crippen LogP contribution in [-0.2, 0) is 14.3 Å². The number of benzene rings is 2. The van der Waals surface area contributed by atoms with Gasteiger partial charge in [0.15, 0.2) is 0 Å². The van der Waals surface area contributed by atoms with Gasteiger partial charge in [-0.25, -0.2) is 4.79 Å². The first kappa shape index (κ1) is 24.5. The third-order valence-electron chi connectivity index (χ3n) is 6.60. The van der Waals surface area contributed by atoms with Crippen molar-refractivity contribution in [2.45, 2.75) is 51.4 Å². The zero-order valence-electron chi connectivity index (χ0n) is 20.0. The monoisotopic (exact) mass is 527 g/mol. The van der Waals surface area contributed by atoms with Crippen LogP contribution in [-0.4, -0.2) is 35.9 Å². The van der Waals surface area contributed by atoms with E-state index in [1.807, 2.05) is 61.5 Å². The molecule has 180 valence electrons. The maximum absolute atomic E-state index is 13.1.